The Morgan fingerprint density at radius 3 is 2.00 bits per heavy atom. The zero-order valence-electron chi connectivity index (χ0n) is 13.4. The maximum Gasteiger partial charge on any atom is 0.297 e. The molecule has 0 N–H and O–H groups in total. The Kier molecular flexibility index (Phi) is 4.79. The maximum atomic E-state index is 12.3. The number of hydrogen-bond donors (Lipinski definition) is 0. The molecule has 0 spiro atoms. The number of benzene rings is 1. The Hall–Kier alpha value is -0.870. The SMILES string of the molecule is Cc1ccc(S(=O)(=O)O[C@H]2CC[C@H](C(C)(C)C)CC2)cc1. The summed E-state index contributed by atoms with van der Waals surface area (Å²) < 4.78 is 30.0. The fourth-order valence-electron chi connectivity index (χ4n) is 2.96. The van der Waals surface area contributed by atoms with Crippen molar-refractivity contribution in [2.24, 2.45) is 11.3 Å². The average molecular weight is 310 g/mol. The monoisotopic (exact) mass is 310 g/mol. The molecule has 0 amide bonds. The first kappa shape index (κ1) is 16.5. The van der Waals surface area contributed by atoms with E-state index in [0.717, 1.165) is 31.2 Å². The third-order valence-corrected chi connectivity index (χ3v) is 5.85. The lowest BCUT2D eigenvalue weighted by Crippen LogP contribution is -2.30. The van der Waals surface area contributed by atoms with Gasteiger partial charge in [0.15, 0.2) is 0 Å². The summed E-state index contributed by atoms with van der Waals surface area (Å²) in [6, 6.07) is 6.83. The first-order valence-corrected chi connectivity index (χ1v) is 9.09. The standard InChI is InChI=1S/C17H26O3S/c1-13-5-11-16(12-6-13)21(18,19)20-15-9-7-14(8-10-15)17(2,3)4/h5-6,11-12,14-15H,7-10H2,1-4H3/t14-,15-. The molecule has 0 atom stereocenters. The summed E-state index contributed by atoms with van der Waals surface area (Å²) in [7, 11) is -3.63. The van der Waals surface area contributed by atoms with Crippen LogP contribution in [0.1, 0.15) is 52.0 Å². The molecule has 2 rings (SSSR count). The van der Waals surface area contributed by atoms with Crippen LogP contribution in [0.15, 0.2) is 29.2 Å². The predicted molar refractivity (Wildman–Crippen MR) is 84.7 cm³/mol. The number of rotatable bonds is 3. The van der Waals surface area contributed by atoms with Gasteiger partial charge in [0, 0.05) is 0 Å². The van der Waals surface area contributed by atoms with E-state index >= 15 is 0 Å². The molecule has 3 nitrogen and oxygen atoms in total. The Morgan fingerprint density at radius 2 is 1.52 bits per heavy atom. The molecule has 0 saturated heterocycles. The maximum absolute atomic E-state index is 12.3. The quantitative estimate of drug-likeness (QED) is 0.782. The lowest BCUT2D eigenvalue weighted by Gasteiger charge is -2.36. The van der Waals surface area contributed by atoms with E-state index < -0.39 is 10.1 Å². The van der Waals surface area contributed by atoms with E-state index in [-0.39, 0.29) is 11.0 Å². The fraction of sp³-hybridized carbons (Fsp3) is 0.647. The normalized spacial score (nSPS) is 24.0. The van der Waals surface area contributed by atoms with Gasteiger partial charge < -0.3 is 0 Å². The summed E-state index contributed by atoms with van der Waals surface area (Å²) in [6.07, 6.45) is 3.56. The Balaban J connectivity index is 1.98. The highest BCUT2D eigenvalue weighted by Crippen LogP contribution is 2.39. The molecule has 1 saturated carbocycles. The summed E-state index contributed by atoms with van der Waals surface area (Å²) in [5.41, 5.74) is 1.33. The van der Waals surface area contributed by atoms with Crippen LogP contribution in [-0.4, -0.2) is 14.5 Å². The van der Waals surface area contributed by atoms with Gasteiger partial charge in [0.1, 0.15) is 0 Å². The predicted octanol–water partition coefficient (Wildman–Crippen LogP) is 4.31. The molecule has 0 aromatic heterocycles. The molecule has 1 aliphatic carbocycles. The van der Waals surface area contributed by atoms with Crippen LogP contribution in [-0.2, 0) is 14.3 Å². The second-order valence-corrected chi connectivity index (χ2v) is 8.78. The van der Waals surface area contributed by atoms with Gasteiger partial charge in [0.25, 0.3) is 10.1 Å². The number of aryl methyl sites for hydroxylation is 1. The third-order valence-electron chi connectivity index (χ3n) is 4.47. The van der Waals surface area contributed by atoms with Crippen molar-refractivity contribution in [3.63, 3.8) is 0 Å². The summed E-state index contributed by atoms with van der Waals surface area (Å²) in [5.74, 6) is 0.652. The second kappa shape index (κ2) is 6.09. The van der Waals surface area contributed by atoms with E-state index in [1.54, 1.807) is 24.3 Å². The molecule has 118 valence electrons. The first-order valence-electron chi connectivity index (χ1n) is 7.68. The van der Waals surface area contributed by atoms with Gasteiger partial charge in [-0.25, -0.2) is 0 Å². The molecule has 0 radical (unpaired) electrons. The second-order valence-electron chi connectivity index (χ2n) is 7.20. The Bertz CT molecular complexity index is 559. The van der Waals surface area contributed by atoms with Crippen molar-refractivity contribution in [2.75, 3.05) is 0 Å². The van der Waals surface area contributed by atoms with Gasteiger partial charge in [-0.1, -0.05) is 38.5 Å². The van der Waals surface area contributed by atoms with Gasteiger partial charge in [-0.3, -0.25) is 4.18 Å². The highest BCUT2D eigenvalue weighted by Gasteiger charge is 2.32. The highest BCUT2D eigenvalue weighted by molar-refractivity contribution is 7.86. The molecule has 0 bridgehead atoms. The zero-order valence-corrected chi connectivity index (χ0v) is 14.2. The van der Waals surface area contributed by atoms with Crippen LogP contribution >= 0.6 is 0 Å². The molecule has 1 aromatic rings. The molecule has 0 unspecified atom stereocenters. The minimum absolute atomic E-state index is 0.171. The van der Waals surface area contributed by atoms with Gasteiger partial charge >= 0.3 is 0 Å². The van der Waals surface area contributed by atoms with E-state index in [0.29, 0.717) is 11.3 Å². The molecule has 4 heteroatoms. The van der Waals surface area contributed by atoms with Gasteiger partial charge in [-0.05, 0) is 56.1 Å². The van der Waals surface area contributed by atoms with Crippen LogP contribution < -0.4 is 0 Å². The topological polar surface area (TPSA) is 43.4 Å². The van der Waals surface area contributed by atoms with E-state index in [1.807, 2.05) is 6.92 Å². The smallest absolute Gasteiger partial charge is 0.263 e. The van der Waals surface area contributed by atoms with Crippen LogP contribution in [0.3, 0.4) is 0 Å². The summed E-state index contributed by atoms with van der Waals surface area (Å²) in [5, 5.41) is 0. The van der Waals surface area contributed by atoms with Crippen LogP contribution in [0, 0.1) is 18.3 Å². The van der Waals surface area contributed by atoms with Gasteiger partial charge in [-0.15, -0.1) is 0 Å². The Labute approximate surface area is 128 Å². The van der Waals surface area contributed by atoms with E-state index in [9.17, 15) is 8.42 Å². The van der Waals surface area contributed by atoms with Crippen LogP contribution in [0.4, 0.5) is 0 Å². The van der Waals surface area contributed by atoms with Crippen molar-refractivity contribution >= 4 is 10.1 Å². The van der Waals surface area contributed by atoms with E-state index in [1.165, 1.54) is 0 Å². The molecular formula is C17H26O3S. The average Bonchev–Trinajstić information content (AvgIpc) is 2.38. The largest absolute Gasteiger partial charge is 0.297 e. The molecule has 0 heterocycles. The summed E-state index contributed by atoms with van der Waals surface area (Å²) in [6.45, 7) is 8.69. The van der Waals surface area contributed by atoms with Crippen molar-refractivity contribution in [2.45, 2.75) is 64.4 Å². The third kappa shape index (κ3) is 4.30. The van der Waals surface area contributed by atoms with Crippen molar-refractivity contribution in [1.82, 2.24) is 0 Å². The lowest BCUT2D eigenvalue weighted by molar-refractivity contribution is 0.0924. The van der Waals surface area contributed by atoms with Crippen molar-refractivity contribution in [3.8, 4) is 0 Å². The van der Waals surface area contributed by atoms with E-state index in [4.69, 9.17) is 4.18 Å². The van der Waals surface area contributed by atoms with Crippen molar-refractivity contribution < 1.29 is 12.6 Å². The summed E-state index contributed by atoms with van der Waals surface area (Å²) >= 11 is 0. The molecule has 0 aliphatic heterocycles. The minimum atomic E-state index is -3.63. The first-order chi connectivity index (χ1) is 9.68. The molecular weight excluding hydrogens is 284 g/mol. The molecule has 1 fully saturated rings. The molecule has 1 aliphatic rings. The van der Waals surface area contributed by atoms with Gasteiger partial charge in [0.05, 0.1) is 11.0 Å². The lowest BCUT2D eigenvalue weighted by atomic mass is 9.72. The highest BCUT2D eigenvalue weighted by atomic mass is 32.2. The fourth-order valence-corrected chi connectivity index (χ4v) is 4.10. The van der Waals surface area contributed by atoms with Crippen LogP contribution in [0.5, 0.6) is 0 Å². The number of hydrogen-bond acceptors (Lipinski definition) is 3. The molecule has 1 aromatic carbocycles. The zero-order chi connectivity index (χ0) is 15.7. The van der Waals surface area contributed by atoms with Crippen molar-refractivity contribution in [1.29, 1.82) is 0 Å². The minimum Gasteiger partial charge on any atom is -0.263 e. The van der Waals surface area contributed by atoms with Gasteiger partial charge in [-0.2, -0.15) is 8.42 Å². The molecule has 21 heavy (non-hydrogen) atoms. The summed E-state index contributed by atoms with van der Waals surface area (Å²) in [4.78, 5) is 0.256. The van der Waals surface area contributed by atoms with Crippen LogP contribution in [0.2, 0.25) is 0 Å². The van der Waals surface area contributed by atoms with E-state index in [2.05, 4.69) is 20.8 Å². The van der Waals surface area contributed by atoms with Crippen LogP contribution in [0.25, 0.3) is 0 Å². The Morgan fingerprint density at radius 1 is 1.00 bits per heavy atom. The van der Waals surface area contributed by atoms with Gasteiger partial charge in [0.2, 0.25) is 0 Å². The van der Waals surface area contributed by atoms with Crippen molar-refractivity contribution in [3.05, 3.63) is 29.8 Å².